The van der Waals surface area contributed by atoms with Crippen molar-refractivity contribution in [2.75, 3.05) is 0 Å². The van der Waals surface area contributed by atoms with Gasteiger partial charge in [0.2, 0.25) is 0 Å². The third-order valence-electron chi connectivity index (χ3n) is 2.14. The Morgan fingerprint density at radius 2 is 2.19 bits per heavy atom. The molecule has 1 rings (SSSR count). The molecule has 0 spiro atoms. The van der Waals surface area contributed by atoms with E-state index < -0.39 is 12.1 Å². The highest BCUT2D eigenvalue weighted by Crippen LogP contribution is 2.22. The lowest BCUT2D eigenvalue weighted by atomic mass is 10.0. The highest BCUT2D eigenvalue weighted by molar-refractivity contribution is 14.1. The summed E-state index contributed by atoms with van der Waals surface area (Å²) in [6, 6.07) is 5.19. The number of carbonyl (C=O) groups is 2. The summed E-state index contributed by atoms with van der Waals surface area (Å²) in [6.07, 6.45) is 0.247. The van der Waals surface area contributed by atoms with Crippen molar-refractivity contribution in [1.82, 2.24) is 0 Å². The van der Waals surface area contributed by atoms with Crippen LogP contribution >= 0.6 is 22.6 Å². The van der Waals surface area contributed by atoms with Crippen LogP contribution in [-0.4, -0.2) is 22.5 Å². The molecule has 5 heteroatoms. The minimum Gasteiger partial charge on any atom is -0.479 e. The van der Waals surface area contributed by atoms with Crippen LogP contribution in [0.15, 0.2) is 18.2 Å². The van der Waals surface area contributed by atoms with Crippen LogP contribution in [0.2, 0.25) is 0 Å². The molecule has 0 amide bonds. The van der Waals surface area contributed by atoms with E-state index in [1.54, 1.807) is 12.1 Å². The molecule has 0 bridgehead atoms. The molecule has 1 aromatic carbocycles. The Kier molecular flexibility index (Phi) is 4.88. The van der Waals surface area contributed by atoms with Gasteiger partial charge in [-0.15, -0.1) is 0 Å². The van der Waals surface area contributed by atoms with Gasteiger partial charge < -0.3 is 15.0 Å². The first-order valence-electron chi connectivity index (χ1n) is 4.69. The van der Waals surface area contributed by atoms with E-state index in [2.05, 4.69) is 0 Å². The van der Waals surface area contributed by atoms with Gasteiger partial charge in [-0.25, -0.2) is 4.79 Å². The standard InChI is InChI=1S/C11H11IO4/c12-9-4-3-7(2-1-5-13)6-8(9)10(14)11(15)16/h3-6,10,14H,1-2H2,(H,15,16). The van der Waals surface area contributed by atoms with Gasteiger partial charge in [-0.05, 0) is 40.6 Å². The lowest BCUT2D eigenvalue weighted by Crippen LogP contribution is -2.12. The number of carbonyl (C=O) groups excluding carboxylic acids is 1. The zero-order valence-electron chi connectivity index (χ0n) is 8.39. The second-order valence-electron chi connectivity index (χ2n) is 3.30. The van der Waals surface area contributed by atoms with Gasteiger partial charge in [0.1, 0.15) is 6.29 Å². The van der Waals surface area contributed by atoms with Crippen molar-refractivity contribution >= 4 is 34.8 Å². The highest BCUT2D eigenvalue weighted by atomic mass is 127. The van der Waals surface area contributed by atoms with Crippen LogP contribution in [0.4, 0.5) is 0 Å². The predicted molar refractivity (Wildman–Crippen MR) is 66.1 cm³/mol. The van der Waals surface area contributed by atoms with Crippen LogP contribution in [0.25, 0.3) is 0 Å². The van der Waals surface area contributed by atoms with Gasteiger partial charge in [-0.1, -0.05) is 12.1 Å². The molecule has 2 N–H and O–H groups in total. The van der Waals surface area contributed by atoms with Gasteiger partial charge in [0.15, 0.2) is 6.10 Å². The quantitative estimate of drug-likeness (QED) is 0.633. The van der Waals surface area contributed by atoms with E-state index in [0.717, 1.165) is 11.8 Å². The van der Waals surface area contributed by atoms with E-state index in [1.165, 1.54) is 0 Å². The monoisotopic (exact) mass is 334 g/mol. The number of halogens is 1. The topological polar surface area (TPSA) is 74.6 Å². The molecule has 16 heavy (non-hydrogen) atoms. The molecule has 0 saturated heterocycles. The normalized spacial score (nSPS) is 12.1. The molecule has 0 aliphatic rings. The van der Waals surface area contributed by atoms with Gasteiger partial charge in [0, 0.05) is 15.6 Å². The number of carboxylic acids is 1. The SMILES string of the molecule is O=CCCc1ccc(I)c(C(O)C(=O)O)c1. The smallest absolute Gasteiger partial charge is 0.337 e. The molecule has 86 valence electrons. The maximum Gasteiger partial charge on any atom is 0.337 e. The maximum absolute atomic E-state index is 10.7. The molecule has 0 aliphatic heterocycles. The number of benzene rings is 1. The molecule has 0 radical (unpaired) electrons. The van der Waals surface area contributed by atoms with E-state index in [1.807, 2.05) is 28.7 Å². The summed E-state index contributed by atoms with van der Waals surface area (Å²) in [5.74, 6) is -1.27. The van der Waals surface area contributed by atoms with Gasteiger partial charge in [0.25, 0.3) is 0 Å². The molecular formula is C11H11IO4. The van der Waals surface area contributed by atoms with Gasteiger partial charge in [-0.3, -0.25) is 0 Å². The molecule has 1 atom stereocenters. The van der Waals surface area contributed by atoms with Crippen molar-refractivity contribution in [3.05, 3.63) is 32.9 Å². The summed E-state index contributed by atoms with van der Waals surface area (Å²) in [7, 11) is 0. The Labute approximate surface area is 106 Å². The molecule has 0 aromatic heterocycles. The van der Waals surface area contributed by atoms with Crippen molar-refractivity contribution in [2.45, 2.75) is 18.9 Å². The Balaban J connectivity index is 2.98. The average Bonchev–Trinajstić information content (AvgIpc) is 2.27. The average molecular weight is 334 g/mol. The number of aliphatic hydroxyl groups excluding tert-OH is 1. The Morgan fingerprint density at radius 1 is 1.50 bits per heavy atom. The molecule has 4 nitrogen and oxygen atoms in total. The summed E-state index contributed by atoms with van der Waals surface area (Å²) in [5, 5.41) is 18.2. The first kappa shape index (κ1) is 13.1. The molecule has 0 saturated carbocycles. The molecule has 0 heterocycles. The van der Waals surface area contributed by atoms with Crippen LogP contribution in [0, 0.1) is 3.57 Å². The summed E-state index contributed by atoms with van der Waals surface area (Å²) >= 11 is 1.97. The zero-order valence-corrected chi connectivity index (χ0v) is 10.5. The number of aldehydes is 1. The van der Waals surface area contributed by atoms with Crippen LogP contribution in [-0.2, 0) is 16.0 Å². The van der Waals surface area contributed by atoms with Crippen LogP contribution < -0.4 is 0 Å². The van der Waals surface area contributed by atoms with Gasteiger partial charge in [0.05, 0.1) is 0 Å². The summed E-state index contributed by atoms with van der Waals surface area (Å²) in [5.41, 5.74) is 1.22. The minimum atomic E-state index is -1.51. The second kappa shape index (κ2) is 5.95. The molecule has 0 aliphatic carbocycles. The number of aliphatic carboxylic acids is 1. The van der Waals surface area contributed by atoms with Crippen LogP contribution in [0.5, 0.6) is 0 Å². The third-order valence-corrected chi connectivity index (χ3v) is 3.12. The number of aryl methyl sites for hydroxylation is 1. The lowest BCUT2D eigenvalue weighted by molar-refractivity contribution is -0.147. The number of hydrogen-bond donors (Lipinski definition) is 2. The Bertz CT molecular complexity index is 403. The van der Waals surface area contributed by atoms with Crippen molar-refractivity contribution in [2.24, 2.45) is 0 Å². The van der Waals surface area contributed by atoms with Crippen LogP contribution in [0.3, 0.4) is 0 Å². The second-order valence-corrected chi connectivity index (χ2v) is 4.46. The first-order valence-corrected chi connectivity index (χ1v) is 5.77. The minimum absolute atomic E-state index is 0.372. The largest absolute Gasteiger partial charge is 0.479 e. The molecular weight excluding hydrogens is 323 g/mol. The van der Waals surface area contributed by atoms with Gasteiger partial charge in [-0.2, -0.15) is 0 Å². The van der Waals surface area contributed by atoms with E-state index in [0.29, 0.717) is 22.0 Å². The fourth-order valence-corrected chi connectivity index (χ4v) is 1.95. The van der Waals surface area contributed by atoms with E-state index in [-0.39, 0.29) is 0 Å². The molecule has 1 unspecified atom stereocenters. The zero-order chi connectivity index (χ0) is 12.1. The predicted octanol–water partition coefficient (Wildman–Crippen LogP) is 1.54. The fourth-order valence-electron chi connectivity index (χ4n) is 1.32. The van der Waals surface area contributed by atoms with Crippen molar-refractivity contribution in [1.29, 1.82) is 0 Å². The van der Waals surface area contributed by atoms with E-state index in [9.17, 15) is 14.7 Å². The summed E-state index contributed by atoms with van der Waals surface area (Å²) in [6.45, 7) is 0. The van der Waals surface area contributed by atoms with Crippen molar-refractivity contribution in [3.63, 3.8) is 0 Å². The number of aliphatic hydroxyl groups is 1. The van der Waals surface area contributed by atoms with Crippen LogP contribution in [0.1, 0.15) is 23.7 Å². The van der Waals surface area contributed by atoms with Crippen molar-refractivity contribution in [3.8, 4) is 0 Å². The Morgan fingerprint density at radius 3 is 2.75 bits per heavy atom. The maximum atomic E-state index is 10.7. The number of rotatable bonds is 5. The molecule has 0 fully saturated rings. The van der Waals surface area contributed by atoms with Crippen molar-refractivity contribution < 1.29 is 19.8 Å². The lowest BCUT2D eigenvalue weighted by Gasteiger charge is -2.10. The summed E-state index contributed by atoms with van der Waals surface area (Å²) in [4.78, 5) is 20.9. The van der Waals surface area contributed by atoms with Gasteiger partial charge >= 0.3 is 5.97 Å². The fraction of sp³-hybridized carbons (Fsp3) is 0.273. The number of hydrogen-bond acceptors (Lipinski definition) is 3. The highest BCUT2D eigenvalue weighted by Gasteiger charge is 2.18. The van der Waals surface area contributed by atoms with E-state index in [4.69, 9.17) is 5.11 Å². The van der Waals surface area contributed by atoms with E-state index >= 15 is 0 Å². The molecule has 1 aromatic rings. The number of carboxylic acid groups (broad SMARTS) is 1. The third kappa shape index (κ3) is 3.28. The summed E-state index contributed by atoms with van der Waals surface area (Å²) < 4.78 is 0.697. The Hall–Kier alpha value is -0.950. The first-order chi connectivity index (χ1) is 7.56.